The first-order valence-electron chi connectivity index (χ1n) is 9.30. The Morgan fingerprint density at radius 1 is 1.35 bits per heavy atom. The molecule has 0 aromatic heterocycles. The van der Waals surface area contributed by atoms with Gasteiger partial charge in [-0.1, -0.05) is 31.9 Å². The molecular formula is C20H32ClN3O2. The van der Waals surface area contributed by atoms with Crippen molar-refractivity contribution < 1.29 is 9.59 Å². The van der Waals surface area contributed by atoms with Crippen LogP contribution in [0.5, 0.6) is 0 Å². The first-order valence-corrected chi connectivity index (χ1v) is 9.30. The number of nitrogens with one attached hydrogen (secondary N) is 2. The van der Waals surface area contributed by atoms with Crippen LogP contribution in [0, 0.1) is 5.92 Å². The van der Waals surface area contributed by atoms with E-state index in [-0.39, 0.29) is 36.2 Å². The Morgan fingerprint density at radius 3 is 2.73 bits per heavy atom. The van der Waals surface area contributed by atoms with Crippen molar-refractivity contribution in [3.05, 3.63) is 35.4 Å². The van der Waals surface area contributed by atoms with Crippen molar-refractivity contribution in [1.82, 2.24) is 10.6 Å². The van der Waals surface area contributed by atoms with E-state index in [4.69, 9.17) is 5.73 Å². The average Bonchev–Trinajstić information content (AvgIpc) is 2.59. The van der Waals surface area contributed by atoms with Gasteiger partial charge in [0.15, 0.2) is 0 Å². The molecule has 4 N–H and O–H groups in total. The van der Waals surface area contributed by atoms with Crippen molar-refractivity contribution in [2.75, 3.05) is 0 Å². The van der Waals surface area contributed by atoms with Crippen LogP contribution in [-0.4, -0.2) is 23.4 Å². The van der Waals surface area contributed by atoms with Crippen LogP contribution in [0.1, 0.15) is 68.8 Å². The zero-order valence-corrected chi connectivity index (χ0v) is 16.8. The minimum Gasteiger partial charge on any atom is -0.352 e. The van der Waals surface area contributed by atoms with Gasteiger partial charge in [-0.15, -0.1) is 12.4 Å². The summed E-state index contributed by atoms with van der Waals surface area (Å²) < 4.78 is 0. The highest BCUT2D eigenvalue weighted by atomic mass is 35.5. The van der Waals surface area contributed by atoms with Gasteiger partial charge >= 0.3 is 0 Å². The Labute approximate surface area is 162 Å². The predicted octanol–water partition coefficient (Wildman–Crippen LogP) is 3.16. The van der Waals surface area contributed by atoms with Crippen LogP contribution in [0.25, 0.3) is 0 Å². The van der Waals surface area contributed by atoms with Crippen molar-refractivity contribution in [1.29, 1.82) is 0 Å². The smallest absolute Gasteiger partial charge is 0.251 e. The van der Waals surface area contributed by atoms with Crippen molar-refractivity contribution in [3.63, 3.8) is 0 Å². The Balaban J connectivity index is 0.00000338. The molecule has 0 heterocycles. The third kappa shape index (κ3) is 5.99. The summed E-state index contributed by atoms with van der Waals surface area (Å²) in [5.41, 5.74) is 7.41. The number of rotatable bonds is 6. The molecule has 0 bridgehead atoms. The quantitative estimate of drug-likeness (QED) is 0.707. The summed E-state index contributed by atoms with van der Waals surface area (Å²) in [6.07, 6.45) is 4.76. The van der Waals surface area contributed by atoms with Crippen molar-refractivity contribution in [2.45, 2.75) is 71.0 Å². The summed E-state index contributed by atoms with van der Waals surface area (Å²) in [7, 11) is 0. The van der Waals surface area contributed by atoms with E-state index in [9.17, 15) is 9.59 Å². The van der Waals surface area contributed by atoms with E-state index in [0.29, 0.717) is 12.1 Å². The number of carbonyl (C=O) groups is 2. The molecule has 5 nitrogen and oxygen atoms in total. The maximum absolute atomic E-state index is 12.5. The van der Waals surface area contributed by atoms with Crippen LogP contribution >= 0.6 is 12.4 Å². The highest BCUT2D eigenvalue weighted by molar-refractivity contribution is 5.94. The van der Waals surface area contributed by atoms with Gasteiger partial charge in [-0.3, -0.25) is 9.59 Å². The molecule has 1 aromatic rings. The zero-order valence-electron chi connectivity index (χ0n) is 16.0. The van der Waals surface area contributed by atoms with Gasteiger partial charge in [-0.2, -0.15) is 0 Å². The number of halogens is 1. The van der Waals surface area contributed by atoms with E-state index in [1.807, 2.05) is 39.0 Å². The topological polar surface area (TPSA) is 84.2 Å². The molecule has 146 valence electrons. The van der Waals surface area contributed by atoms with Crippen LogP contribution in [0.4, 0.5) is 0 Å². The second kappa shape index (κ2) is 9.93. The molecule has 0 aliphatic heterocycles. The summed E-state index contributed by atoms with van der Waals surface area (Å²) >= 11 is 0. The molecule has 2 amide bonds. The molecule has 2 rings (SSSR count). The van der Waals surface area contributed by atoms with Crippen molar-refractivity contribution in [3.8, 4) is 0 Å². The van der Waals surface area contributed by atoms with Crippen LogP contribution in [0.2, 0.25) is 0 Å². The van der Waals surface area contributed by atoms with Gasteiger partial charge < -0.3 is 16.4 Å². The molecule has 0 spiro atoms. The van der Waals surface area contributed by atoms with Crippen LogP contribution < -0.4 is 16.4 Å². The van der Waals surface area contributed by atoms with Gasteiger partial charge in [-0.25, -0.2) is 0 Å². The monoisotopic (exact) mass is 381 g/mol. The minimum atomic E-state index is -0.430. The normalized spacial score (nSPS) is 23.5. The predicted molar refractivity (Wildman–Crippen MR) is 107 cm³/mol. The maximum atomic E-state index is 12.5. The third-order valence-corrected chi connectivity index (χ3v) is 5.22. The second-order valence-corrected chi connectivity index (χ2v) is 7.51. The molecule has 0 saturated heterocycles. The fourth-order valence-corrected chi connectivity index (χ4v) is 3.33. The lowest BCUT2D eigenvalue weighted by atomic mass is 9.74. The molecule has 3 unspecified atom stereocenters. The highest BCUT2D eigenvalue weighted by Gasteiger charge is 2.37. The molecule has 1 aromatic carbocycles. The molecule has 1 aliphatic rings. The molecule has 1 saturated carbocycles. The van der Waals surface area contributed by atoms with Gasteiger partial charge in [0, 0.05) is 23.7 Å². The molecule has 26 heavy (non-hydrogen) atoms. The minimum absolute atomic E-state index is 0. The zero-order chi connectivity index (χ0) is 18.4. The highest BCUT2D eigenvalue weighted by Crippen LogP contribution is 2.31. The first kappa shape index (κ1) is 22.5. The van der Waals surface area contributed by atoms with Crippen molar-refractivity contribution >= 4 is 24.2 Å². The first-order chi connectivity index (χ1) is 11.8. The Hall–Kier alpha value is -1.59. The SMILES string of the molecule is CCC(C)NC(=O)c1cccc(CNC(=O)C2CCCCC2(C)N)c1.Cl. The van der Waals surface area contributed by atoms with Gasteiger partial charge in [0.1, 0.15) is 0 Å². The van der Waals surface area contributed by atoms with E-state index in [2.05, 4.69) is 10.6 Å². The van der Waals surface area contributed by atoms with Crippen LogP contribution in [0.3, 0.4) is 0 Å². The lowest BCUT2D eigenvalue weighted by Gasteiger charge is -2.37. The molecule has 6 heteroatoms. The van der Waals surface area contributed by atoms with E-state index in [0.717, 1.165) is 37.7 Å². The fourth-order valence-electron chi connectivity index (χ4n) is 3.33. The number of amides is 2. The van der Waals surface area contributed by atoms with E-state index in [1.165, 1.54) is 0 Å². The van der Waals surface area contributed by atoms with Crippen molar-refractivity contribution in [2.24, 2.45) is 11.7 Å². The second-order valence-electron chi connectivity index (χ2n) is 7.51. The molecule has 1 aliphatic carbocycles. The lowest BCUT2D eigenvalue weighted by Crippen LogP contribution is -2.52. The molecule has 3 atom stereocenters. The standard InChI is InChI=1S/C20H31N3O2.ClH/c1-4-14(2)23-18(24)16-9-7-8-15(12-16)13-22-19(25)17-10-5-6-11-20(17,3)21;/h7-9,12,14,17H,4-6,10-11,13,21H2,1-3H3,(H,22,25)(H,23,24);1H. The van der Waals surface area contributed by atoms with Gasteiger partial charge in [0.2, 0.25) is 5.91 Å². The number of nitrogens with two attached hydrogens (primary N) is 1. The van der Waals surface area contributed by atoms with Gasteiger partial charge in [-0.05, 0) is 50.8 Å². The molecular weight excluding hydrogens is 350 g/mol. The van der Waals surface area contributed by atoms with Crippen LogP contribution in [0.15, 0.2) is 24.3 Å². The van der Waals surface area contributed by atoms with Crippen LogP contribution in [-0.2, 0) is 11.3 Å². The number of hydrogen-bond donors (Lipinski definition) is 3. The van der Waals surface area contributed by atoms with E-state index in [1.54, 1.807) is 6.07 Å². The van der Waals surface area contributed by atoms with Gasteiger partial charge in [0.25, 0.3) is 5.91 Å². The molecule has 0 radical (unpaired) electrons. The summed E-state index contributed by atoms with van der Waals surface area (Å²) in [4.78, 5) is 24.7. The Morgan fingerprint density at radius 2 is 2.08 bits per heavy atom. The Bertz CT molecular complexity index is 619. The van der Waals surface area contributed by atoms with Gasteiger partial charge in [0.05, 0.1) is 5.92 Å². The van der Waals surface area contributed by atoms with E-state index < -0.39 is 5.54 Å². The molecule has 1 fully saturated rings. The number of hydrogen-bond acceptors (Lipinski definition) is 3. The third-order valence-electron chi connectivity index (χ3n) is 5.22. The summed E-state index contributed by atoms with van der Waals surface area (Å²) in [6, 6.07) is 7.54. The average molecular weight is 382 g/mol. The summed E-state index contributed by atoms with van der Waals surface area (Å²) in [5.74, 6) is -0.207. The summed E-state index contributed by atoms with van der Waals surface area (Å²) in [6.45, 7) is 6.40. The largest absolute Gasteiger partial charge is 0.352 e. The Kier molecular flexibility index (Phi) is 8.57. The maximum Gasteiger partial charge on any atom is 0.251 e. The van der Waals surface area contributed by atoms with E-state index >= 15 is 0 Å². The number of carbonyl (C=O) groups excluding carboxylic acids is 2. The fraction of sp³-hybridized carbons (Fsp3) is 0.600. The summed E-state index contributed by atoms with van der Waals surface area (Å²) in [5, 5.41) is 5.95. The lowest BCUT2D eigenvalue weighted by molar-refractivity contribution is -0.128. The number of benzene rings is 1.